The SMILES string of the molecule is [2H]C([2H])([2H])NC(=O)c1nnc(N(C)C(=O)C2CC2)cc1Nc1nccc2c1N(C)C([2H])([2H])c1cn(C)nc1-2. The summed E-state index contributed by atoms with van der Waals surface area (Å²) in [5.74, 6) is -0.930. The van der Waals surface area contributed by atoms with Crippen molar-refractivity contribution in [3.8, 4) is 11.3 Å². The van der Waals surface area contributed by atoms with Crippen LogP contribution in [-0.2, 0) is 18.3 Å². The molecule has 11 nitrogen and oxygen atoms in total. The topological polar surface area (TPSA) is 121 Å². The lowest BCUT2D eigenvalue weighted by atomic mass is 10.0. The highest BCUT2D eigenvalue weighted by atomic mass is 16.2. The number of rotatable bonds is 5. The molecule has 0 spiro atoms. The van der Waals surface area contributed by atoms with Gasteiger partial charge in [-0.1, -0.05) is 0 Å². The highest BCUT2D eigenvalue weighted by Gasteiger charge is 2.33. The Kier molecular flexibility index (Phi) is 3.74. The van der Waals surface area contributed by atoms with Crippen LogP contribution in [0, 0.1) is 5.92 Å². The zero-order chi connectivity index (χ0) is 27.6. The van der Waals surface area contributed by atoms with Gasteiger partial charge >= 0.3 is 0 Å². The number of anilines is 4. The summed E-state index contributed by atoms with van der Waals surface area (Å²) in [5.41, 5.74) is 1.50. The van der Waals surface area contributed by atoms with Crippen molar-refractivity contribution >= 4 is 34.8 Å². The summed E-state index contributed by atoms with van der Waals surface area (Å²) in [6.45, 7) is -4.71. The summed E-state index contributed by atoms with van der Waals surface area (Å²) < 4.78 is 41.2. The van der Waals surface area contributed by atoms with Gasteiger partial charge < -0.3 is 15.5 Å². The number of hydrogen-bond acceptors (Lipinski definition) is 8. The minimum absolute atomic E-state index is 0.0360. The smallest absolute Gasteiger partial charge is 0.273 e. The molecule has 0 aromatic carbocycles. The van der Waals surface area contributed by atoms with E-state index in [0.717, 1.165) is 12.8 Å². The molecule has 5 rings (SSSR count). The van der Waals surface area contributed by atoms with Crippen molar-refractivity contribution in [3.63, 3.8) is 0 Å². The molecular weight excluding hydrogens is 422 g/mol. The van der Waals surface area contributed by atoms with E-state index in [4.69, 9.17) is 6.85 Å². The normalized spacial score (nSPS) is 18.5. The Balaban J connectivity index is 1.61. The Morgan fingerprint density at radius 1 is 1.30 bits per heavy atom. The van der Waals surface area contributed by atoms with Crippen LogP contribution in [0.15, 0.2) is 24.5 Å². The van der Waals surface area contributed by atoms with E-state index in [1.807, 2.05) is 5.32 Å². The summed E-state index contributed by atoms with van der Waals surface area (Å²) in [6, 6.07) is 3.12. The lowest BCUT2D eigenvalue weighted by Gasteiger charge is -2.28. The molecule has 1 aliphatic heterocycles. The molecule has 1 saturated carbocycles. The molecule has 11 heteroatoms. The van der Waals surface area contributed by atoms with Crippen LogP contribution in [0.25, 0.3) is 11.3 Å². The van der Waals surface area contributed by atoms with Gasteiger partial charge in [0.2, 0.25) is 5.91 Å². The average Bonchev–Trinajstić information content (AvgIpc) is 3.61. The Morgan fingerprint density at radius 3 is 2.88 bits per heavy atom. The van der Waals surface area contributed by atoms with Crippen molar-refractivity contribution in [2.75, 3.05) is 36.2 Å². The number of nitrogens with zero attached hydrogens (tertiary/aromatic N) is 7. The van der Waals surface area contributed by atoms with Gasteiger partial charge in [-0.15, -0.1) is 10.2 Å². The number of aromatic nitrogens is 5. The minimum Gasteiger partial charge on any atom is -0.367 e. The molecule has 2 N–H and O–H groups in total. The molecule has 0 bridgehead atoms. The highest BCUT2D eigenvalue weighted by molar-refractivity contribution is 6.01. The fraction of sp³-hybridized carbons (Fsp3) is 0.364. The number of carbonyl (C=O) groups excluding carboxylic acids is 2. The van der Waals surface area contributed by atoms with E-state index < -0.39 is 19.4 Å². The maximum Gasteiger partial charge on any atom is 0.273 e. The highest BCUT2D eigenvalue weighted by Crippen LogP contribution is 2.42. The van der Waals surface area contributed by atoms with Crippen LogP contribution in [0.3, 0.4) is 0 Å². The van der Waals surface area contributed by atoms with Crippen LogP contribution >= 0.6 is 0 Å². The number of amides is 2. The third-order valence-corrected chi connectivity index (χ3v) is 5.60. The standard InChI is InChI=1S/C22H25N9O2/c1-23-21(32)18-15(9-16(26-27-18)31(4)22(33)12-5-6-12)25-20-19-14(7-8-24-20)17-13(10-29(19)2)11-30(3)28-17/h7-9,11-12H,5-6,10H2,1-4H3,(H,23,32)(H,24,25,26)/i1D3,10D2. The zero-order valence-corrected chi connectivity index (χ0v) is 18.2. The summed E-state index contributed by atoms with van der Waals surface area (Å²) >= 11 is 0. The lowest BCUT2D eigenvalue weighted by Crippen LogP contribution is -2.30. The second-order valence-electron chi connectivity index (χ2n) is 8.01. The van der Waals surface area contributed by atoms with Crippen molar-refractivity contribution in [2.45, 2.75) is 19.3 Å². The summed E-state index contributed by atoms with van der Waals surface area (Å²) in [4.78, 5) is 32.6. The van der Waals surface area contributed by atoms with Crippen LogP contribution in [0.1, 0.15) is 35.7 Å². The number of nitrogens with one attached hydrogen (secondary N) is 2. The number of aryl methyl sites for hydroxylation is 1. The number of hydrogen-bond donors (Lipinski definition) is 2. The summed E-state index contributed by atoms with van der Waals surface area (Å²) in [6.07, 6.45) is 4.69. The molecule has 0 unspecified atom stereocenters. The fourth-order valence-electron chi connectivity index (χ4n) is 3.79. The van der Waals surface area contributed by atoms with Crippen molar-refractivity contribution in [2.24, 2.45) is 13.0 Å². The number of fused-ring (bicyclic) bond motifs is 3. The molecule has 1 aliphatic carbocycles. The lowest BCUT2D eigenvalue weighted by molar-refractivity contribution is -0.119. The Labute approximate surface area is 197 Å². The monoisotopic (exact) mass is 452 g/mol. The van der Waals surface area contributed by atoms with Crippen LogP contribution in [0.4, 0.5) is 23.0 Å². The molecular formula is C22H25N9O2. The largest absolute Gasteiger partial charge is 0.367 e. The van der Waals surface area contributed by atoms with Gasteiger partial charge in [0.15, 0.2) is 17.3 Å². The van der Waals surface area contributed by atoms with Crippen molar-refractivity contribution in [3.05, 3.63) is 35.8 Å². The second kappa shape index (κ2) is 7.84. The van der Waals surface area contributed by atoms with Gasteiger partial charge in [0.25, 0.3) is 5.91 Å². The van der Waals surface area contributed by atoms with Gasteiger partial charge in [-0.25, -0.2) is 4.98 Å². The fourth-order valence-corrected chi connectivity index (χ4v) is 3.79. The molecule has 4 heterocycles. The van der Waals surface area contributed by atoms with Crippen molar-refractivity contribution in [1.82, 2.24) is 30.3 Å². The first-order chi connectivity index (χ1) is 17.8. The molecule has 0 radical (unpaired) electrons. The molecule has 0 atom stereocenters. The molecule has 3 aromatic rings. The molecule has 2 amide bonds. The van der Waals surface area contributed by atoms with Gasteiger partial charge in [-0.05, 0) is 18.9 Å². The van der Waals surface area contributed by atoms with Gasteiger partial charge in [-0.2, -0.15) is 5.10 Å². The molecule has 3 aromatic heterocycles. The Morgan fingerprint density at radius 2 is 2.12 bits per heavy atom. The zero-order valence-electron chi connectivity index (χ0n) is 23.2. The third kappa shape index (κ3) is 3.65. The predicted molar refractivity (Wildman–Crippen MR) is 123 cm³/mol. The van der Waals surface area contributed by atoms with Crippen LogP contribution in [-0.4, -0.2) is 57.8 Å². The Hall–Kier alpha value is -4.02. The molecule has 170 valence electrons. The maximum absolute atomic E-state index is 12.8. The molecule has 0 saturated heterocycles. The minimum atomic E-state index is -2.77. The first-order valence-electron chi connectivity index (χ1n) is 12.8. The quantitative estimate of drug-likeness (QED) is 0.600. The van der Waals surface area contributed by atoms with E-state index >= 15 is 0 Å². The summed E-state index contributed by atoms with van der Waals surface area (Å²) in [5, 5.41) is 17.3. The molecule has 1 fully saturated rings. The summed E-state index contributed by atoms with van der Waals surface area (Å²) in [7, 11) is 4.82. The van der Waals surface area contributed by atoms with E-state index in [-0.39, 0.29) is 34.8 Å². The molecule has 2 aliphatic rings. The maximum atomic E-state index is 12.8. The van der Waals surface area contributed by atoms with Crippen molar-refractivity contribution in [1.29, 1.82) is 0 Å². The predicted octanol–water partition coefficient (Wildman–Crippen LogP) is 1.70. The van der Waals surface area contributed by atoms with Crippen LogP contribution < -0.4 is 20.4 Å². The van der Waals surface area contributed by atoms with E-state index in [1.54, 1.807) is 33.4 Å². The average molecular weight is 453 g/mol. The van der Waals surface area contributed by atoms with E-state index in [1.165, 1.54) is 26.7 Å². The second-order valence-corrected chi connectivity index (χ2v) is 8.01. The van der Waals surface area contributed by atoms with Crippen molar-refractivity contribution < 1.29 is 16.4 Å². The Bertz CT molecular complexity index is 1450. The number of carbonyl (C=O) groups is 2. The molecule has 33 heavy (non-hydrogen) atoms. The van der Waals surface area contributed by atoms with Gasteiger partial charge in [0, 0.05) is 74.2 Å². The van der Waals surface area contributed by atoms with E-state index in [2.05, 4.69) is 25.6 Å². The van der Waals surface area contributed by atoms with Crippen LogP contribution in [0.5, 0.6) is 0 Å². The van der Waals surface area contributed by atoms with Gasteiger partial charge in [-0.3, -0.25) is 19.2 Å². The van der Waals surface area contributed by atoms with Gasteiger partial charge in [0.05, 0.1) is 19.8 Å². The van der Waals surface area contributed by atoms with Gasteiger partial charge in [0.1, 0.15) is 0 Å². The number of pyridine rings is 1. The van der Waals surface area contributed by atoms with Crippen LogP contribution in [0.2, 0.25) is 0 Å². The first-order valence-corrected chi connectivity index (χ1v) is 10.3. The first kappa shape index (κ1) is 15.7. The van der Waals surface area contributed by atoms with E-state index in [0.29, 0.717) is 22.5 Å². The third-order valence-electron chi connectivity index (χ3n) is 5.60. The van der Waals surface area contributed by atoms with E-state index in [9.17, 15) is 9.59 Å².